The van der Waals surface area contributed by atoms with Crippen LogP contribution < -0.4 is 5.32 Å². The zero-order chi connectivity index (χ0) is 8.66. The minimum Gasteiger partial charge on any atom is -0.375 e. The molecule has 2 fully saturated rings. The van der Waals surface area contributed by atoms with E-state index in [1.807, 2.05) is 0 Å². The number of nitrogens with one attached hydrogen (secondary N) is 1. The van der Waals surface area contributed by atoms with E-state index in [-0.39, 0.29) is 5.60 Å². The molecule has 0 spiro atoms. The van der Waals surface area contributed by atoms with Crippen LogP contribution in [0.2, 0.25) is 0 Å². The summed E-state index contributed by atoms with van der Waals surface area (Å²) in [5.74, 6) is 0. The second kappa shape index (κ2) is 2.71. The summed E-state index contributed by atoms with van der Waals surface area (Å²) in [5, 5.41) is 3.49. The van der Waals surface area contributed by atoms with Gasteiger partial charge >= 0.3 is 0 Å². The van der Waals surface area contributed by atoms with Crippen LogP contribution in [0.5, 0.6) is 0 Å². The summed E-state index contributed by atoms with van der Waals surface area (Å²) < 4.78 is 5.55. The van der Waals surface area contributed by atoms with Crippen LogP contribution in [0.25, 0.3) is 0 Å². The van der Waals surface area contributed by atoms with E-state index in [9.17, 15) is 0 Å². The van der Waals surface area contributed by atoms with E-state index in [0.717, 1.165) is 6.61 Å². The van der Waals surface area contributed by atoms with Crippen LogP contribution >= 0.6 is 0 Å². The van der Waals surface area contributed by atoms with Crippen molar-refractivity contribution in [3.63, 3.8) is 0 Å². The van der Waals surface area contributed by atoms with Gasteiger partial charge in [0.15, 0.2) is 0 Å². The molecule has 2 saturated heterocycles. The van der Waals surface area contributed by atoms with Crippen LogP contribution in [0.15, 0.2) is 0 Å². The highest BCUT2D eigenvalue weighted by Crippen LogP contribution is 2.34. The van der Waals surface area contributed by atoms with Gasteiger partial charge in [-0.3, -0.25) is 0 Å². The Kier molecular flexibility index (Phi) is 1.92. The van der Waals surface area contributed by atoms with E-state index in [0.29, 0.717) is 5.54 Å². The van der Waals surface area contributed by atoms with Gasteiger partial charge in [0.1, 0.15) is 0 Å². The van der Waals surface area contributed by atoms with Crippen LogP contribution in [-0.4, -0.2) is 24.3 Å². The van der Waals surface area contributed by atoms with Crippen LogP contribution in [0.4, 0.5) is 0 Å². The number of rotatable bonds is 3. The molecular formula is C10H19NO. The van der Waals surface area contributed by atoms with Crippen molar-refractivity contribution < 1.29 is 4.74 Å². The van der Waals surface area contributed by atoms with E-state index < -0.39 is 0 Å². The summed E-state index contributed by atoms with van der Waals surface area (Å²) in [6, 6.07) is 0. The Labute approximate surface area is 74.7 Å². The number of hydrogen-bond acceptors (Lipinski definition) is 2. The molecule has 2 aliphatic rings. The Morgan fingerprint density at radius 1 is 1.25 bits per heavy atom. The van der Waals surface area contributed by atoms with Crippen molar-refractivity contribution in [2.45, 2.75) is 50.7 Å². The van der Waals surface area contributed by atoms with E-state index in [4.69, 9.17) is 4.74 Å². The van der Waals surface area contributed by atoms with E-state index >= 15 is 0 Å². The Balaban J connectivity index is 1.74. The molecule has 0 radical (unpaired) electrons. The lowest BCUT2D eigenvalue weighted by Crippen LogP contribution is -2.55. The smallest absolute Gasteiger partial charge is 0.0677 e. The fourth-order valence-corrected chi connectivity index (χ4v) is 1.95. The molecule has 0 aromatic rings. The van der Waals surface area contributed by atoms with Crippen molar-refractivity contribution in [1.29, 1.82) is 0 Å². The van der Waals surface area contributed by atoms with Crippen molar-refractivity contribution >= 4 is 0 Å². The summed E-state index contributed by atoms with van der Waals surface area (Å²) in [4.78, 5) is 0. The summed E-state index contributed by atoms with van der Waals surface area (Å²) in [6.45, 7) is 6.73. The first-order valence-electron chi connectivity index (χ1n) is 5.01. The molecule has 0 bridgehead atoms. The van der Waals surface area contributed by atoms with Crippen molar-refractivity contribution in [2.75, 3.05) is 13.2 Å². The van der Waals surface area contributed by atoms with Gasteiger partial charge in [0.05, 0.1) is 12.2 Å². The van der Waals surface area contributed by atoms with E-state index in [2.05, 4.69) is 19.2 Å². The summed E-state index contributed by atoms with van der Waals surface area (Å²) in [5.41, 5.74) is 0.655. The molecule has 2 heterocycles. The third-order valence-electron chi connectivity index (χ3n) is 3.52. The SMILES string of the molecule is CC1(CC[C@]2(C)CCN2)CCO1. The monoisotopic (exact) mass is 169 g/mol. The highest BCUT2D eigenvalue weighted by Gasteiger charge is 2.37. The largest absolute Gasteiger partial charge is 0.375 e. The lowest BCUT2D eigenvalue weighted by molar-refractivity contribution is -0.142. The molecule has 1 N–H and O–H groups in total. The molecule has 0 aromatic heterocycles. The fourth-order valence-electron chi connectivity index (χ4n) is 1.95. The van der Waals surface area contributed by atoms with Gasteiger partial charge in [-0.1, -0.05) is 0 Å². The summed E-state index contributed by atoms with van der Waals surface area (Å²) in [6.07, 6.45) is 5.08. The van der Waals surface area contributed by atoms with Crippen molar-refractivity contribution in [2.24, 2.45) is 0 Å². The molecule has 2 aliphatic heterocycles. The maximum Gasteiger partial charge on any atom is 0.0677 e. The molecular weight excluding hydrogens is 150 g/mol. The quantitative estimate of drug-likeness (QED) is 0.694. The highest BCUT2D eigenvalue weighted by atomic mass is 16.5. The normalized spacial score (nSPS) is 46.5. The average Bonchev–Trinajstić information content (AvgIpc) is 1.93. The van der Waals surface area contributed by atoms with Gasteiger partial charge in [-0.25, -0.2) is 0 Å². The van der Waals surface area contributed by atoms with Crippen molar-refractivity contribution in [3.8, 4) is 0 Å². The van der Waals surface area contributed by atoms with Gasteiger partial charge in [0.25, 0.3) is 0 Å². The van der Waals surface area contributed by atoms with Gasteiger partial charge in [0.2, 0.25) is 0 Å². The fraction of sp³-hybridized carbons (Fsp3) is 1.00. The summed E-state index contributed by atoms with van der Waals surface area (Å²) in [7, 11) is 0. The zero-order valence-corrected chi connectivity index (χ0v) is 8.15. The average molecular weight is 169 g/mol. The lowest BCUT2D eigenvalue weighted by Gasteiger charge is -2.45. The third kappa shape index (κ3) is 1.50. The molecule has 0 aliphatic carbocycles. The molecule has 0 aromatic carbocycles. The second-order valence-electron chi connectivity index (χ2n) is 4.79. The number of hydrogen-bond donors (Lipinski definition) is 1. The molecule has 0 amide bonds. The molecule has 2 rings (SSSR count). The third-order valence-corrected chi connectivity index (χ3v) is 3.52. The molecule has 70 valence electrons. The second-order valence-corrected chi connectivity index (χ2v) is 4.79. The maximum absolute atomic E-state index is 5.55. The summed E-state index contributed by atoms with van der Waals surface area (Å²) >= 11 is 0. The van der Waals surface area contributed by atoms with E-state index in [1.54, 1.807) is 0 Å². The highest BCUT2D eigenvalue weighted by molar-refractivity contribution is 4.95. The van der Waals surface area contributed by atoms with Crippen LogP contribution in [0.1, 0.15) is 39.5 Å². The topological polar surface area (TPSA) is 21.3 Å². The van der Waals surface area contributed by atoms with E-state index in [1.165, 1.54) is 32.2 Å². The molecule has 12 heavy (non-hydrogen) atoms. The van der Waals surface area contributed by atoms with Crippen LogP contribution in [-0.2, 0) is 4.74 Å². The Hall–Kier alpha value is -0.0800. The van der Waals surface area contributed by atoms with Gasteiger partial charge in [-0.15, -0.1) is 0 Å². The first-order chi connectivity index (χ1) is 5.62. The Morgan fingerprint density at radius 2 is 1.92 bits per heavy atom. The van der Waals surface area contributed by atoms with Crippen LogP contribution in [0, 0.1) is 0 Å². The van der Waals surface area contributed by atoms with Crippen molar-refractivity contribution in [1.82, 2.24) is 5.32 Å². The number of ether oxygens (including phenoxy) is 1. The zero-order valence-electron chi connectivity index (χ0n) is 8.15. The Morgan fingerprint density at radius 3 is 2.25 bits per heavy atom. The van der Waals surface area contributed by atoms with Crippen LogP contribution in [0.3, 0.4) is 0 Å². The Bertz CT molecular complexity index is 151. The standard InChI is InChI=1S/C10H19NO/c1-9(5-7-11-9)3-4-10(2)6-8-12-10/h11H,3-8H2,1-2H3/t9-,10?/m1/s1. The van der Waals surface area contributed by atoms with Gasteiger partial charge in [-0.2, -0.15) is 0 Å². The predicted octanol–water partition coefficient (Wildman–Crippen LogP) is 1.70. The first-order valence-corrected chi connectivity index (χ1v) is 5.01. The minimum absolute atomic E-state index is 0.222. The molecule has 1 unspecified atom stereocenters. The van der Waals surface area contributed by atoms with Gasteiger partial charge in [0, 0.05) is 5.54 Å². The van der Waals surface area contributed by atoms with Gasteiger partial charge in [-0.05, 0) is 46.1 Å². The van der Waals surface area contributed by atoms with Crippen molar-refractivity contribution in [3.05, 3.63) is 0 Å². The lowest BCUT2D eigenvalue weighted by atomic mass is 9.80. The maximum atomic E-state index is 5.55. The molecule has 2 heteroatoms. The minimum atomic E-state index is 0.222. The van der Waals surface area contributed by atoms with Gasteiger partial charge < -0.3 is 10.1 Å². The molecule has 2 atom stereocenters. The molecule has 2 nitrogen and oxygen atoms in total. The molecule has 0 saturated carbocycles. The predicted molar refractivity (Wildman–Crippen MR) is 49.2 cm³/mol. The first kappa shape index (κ1) is 8.52.